The van der Waals surface area contributed by atoms with Gasteiger partial charge in [-0.2, -0.15) is 5.26 Å². The van der Waals surface area contributed by atoms with Crippen molar-refractivity contribution in [3.8, 4) is 11.8 Å². The van der Waals surface area contributed by atoms with E-state index in [0.717, 1.165) is 53.7 Å². The number of pyridine rings is 2. The molecule has 0 saturated heterocycles. The zero-order valence-electron chi connectivity index (χ0n) is 24.2. The number of aromatic nitrogens is 3. The van der Waals surface area contributed by atoms with Crippen molar-refractivity contribution in [2.75, 3.05) is 27.2 Å². The molecule has 4 aromatic rings. The van der Waals surface area contributed by atoms with Crippen molar-refractivity contribution in [1.82, 2.24) is 24.3 Å². The summed E-state index contributed by atoms with van der Waals surface area (Å²) in [5, 5.41) is 9.50. The molecule has 41 heavy (non-hydrogen) atoms. The van der Waals surface area contributed by atoms with E-state index in [-0.39, 0.29) is 17.4 Å². The highest BCUT2D eigenvalue weighted by atomic mass is 16.5. The van der Waals surface area contributed by atoms with Crippen molar-refractivity contribution < 1.29 is 9.53 Å². The molecule has 0 radical (unpaired) electrons. The number of benzene rings is 1. The quantitative estimate of drug-likeness (QED) is 0.291. The van der Waals surface area contributed by atoms with E-state index in [1.54, 1.807) is 6.20 Å². The number of nitrogens with zero attached hydrogens (tertiary/aromatic N) is 6. The molecular formula is C33H36N6O2. The molecule has 1 aliphatic carbocycles. The molecule has 8 nitrogen and oxygen atoms in total. The highest BCUT2D eigenvalue weighted by molar-refractivity contribution is 5.98. The Hall–Kier alpha value is -4.22. The lowest BCUT2D eigenvalue weighted by molar-refractivity contribution is 0.0482. The predicted octanol–water partition coefficient (Wildman–Crippen LogP) is 5.45. The second kappa shape index (κ2) is 10.6. The number of amides is 1. The highest BCUT2D eigenvalue weighted by Crippen LogP contribution is 2.51. The summed E-state index contributed by atoms with van der Waals surface area (Å²) in [6.07, 6.45) is 8.73. The summed E-state index contributed by atoms with van der Waals surface area (Å²) >= 11 is 0. The molecular weight excluding hydrogens is 512 g/mol. The number of nitriles is 1. The fourth-order valence-corrected chi connectivity index (χ4v) is 6.63. The summed E-state index contributed by atoms with van der Waals surface area (Å²) in [4.78, 5) is 27.6. The molecule has 0 N–H and O–H groups in total. The SMILES string of the molecule is CCOc1cc(C(C)N2CC3(CCC3)c3c(CN(C)C)cc(Cn4ccc5ncccc54)cc3C2=O)ncc1C#N. The normalized spacial score (nSPS) is 16.5. The van der Waals surface area contributed by atoms with Crippen molar-refractivity contribution in [2.24, 2.45) is 0 Å². The fourth-order valence-electron chi connectivity index (χ4n) is 6.63. The van der Waals surface area contributed by atoms with E-state index in [4.69, 9.17) is 4.74 Å². The van der Waals surface area contributed by atoms with Gasteiger partial charge in [0.2, 0.25) is 0 Å². The Balaban J connectivity index is 1.43. The number of hydrogen-bond acceptors (Lipinski definition) is 6. The maximum absolute atomic E-state index is 14.4. The van der Waals surface area contributed by atoms with Gasteiger partial charge >= 0.3 is 0 Å². The molecule has 1 atom stereocenters. The molecule has 4 heterocycles. The zero-order valence-corrected chi connectivity index (χ0v) is 24.2. The Labute approximate surface area is 241 Å². The van der Waals surface area contributed by atoms with Crippen molar-refractivity contribution >= 4 is 16.9 Å². The number of carbonyl (C=O) groups excluding carboxylic acids is 1. The predicted molar refractivity (Wildman–Crippen MR) is 158 cm³/mol. The molecule has 3 aromatic heterocycles. The standard InChI is InChI=1S/C33H36N6O2/c1-5-41-30-16-28(36-18-25(30)17-34)22(2)39-21-33(10-7-11-33)31-24(20-37(3)4)14-23(15-26(31)32(39)40)19-38-13-9-27-29(38)8-6-12-35-27/h6,8-9,12-16,18,22H,5,7,10-11,19-21H2,1-4H3. The van der Waals surface area contributed by atoms with Gasteiger partial charge in [0.15, 0.2) is 0 Å². The van der Waals surface area contributed by atoms with Crippen LogP contribution in [0.15, 0.2) is 55.0 Å². The minimum atomic E-state index is -0.263. The van der Waals surface area contributed by atoms with E-state index in [1.165, 1.54) is 11.1 Å². The van der Waals surface area contributed by atoms with Gasteiger partial charge in [-0.05, 0) is 81.7 Å². The molecule has 1 aliphatic heterocycles. The summed E-state index contributed by atoms with van der Waals surface area (Å²) in [7, 11) is 4.17. The third kappa shape index (κ3) is 4.74. The molecule has 2 aliphatic rings. The van der Waals surface area contributed by atoms with Gasteiger partial charge in [-0.25, -0.2) is 0 Å². The van der Waals surface area contributed by atoms with Crippen LogP contribution in [0.1, 0.15) is 77.5 Å². The van der Waals surface area contributed by atoms with Crippen molar-refractivity contribution in [3.05, 3.63) is 88.5 Å². The first-order valence-electron chi connectivity index (χ1n) is 14.4. The molecule has 210 valence electrons. The molecule has 0 bridgehead atoms. The van der Waals surface area contributed by atoms with Gasteiger partial charge in [-0.1, -0.05) is 12.5 Å². The Bertz CT molecular complexity index is 1660. The van der Waals surface area contributed by atoms with Crippen LogP contribution in [0, 0.1) is 11.3 Å². The van der Waals surface area contributed by atoms with E-state index in [1.807, 2.05) is 43.1 Å². The lowest BCUT2D eigenvalue weighted by Gasteiger charge is -2.52. The van der Waals surface area contributed by atoms with Crippen LogP contribution in [0.25, 0.3) is 11.0 Å². The molecule has 6 rings (SSSR count). The van der Waals surface area contributed by atoms with Gasteiger partial charge in [0.1, 0.15) is 17.4 Å². The van der Waals surface area contributed by atoms with Crippen molar-refractivity contribution in [2.45, 2.75) is 57.7 Å². The van der Waals surface area contributed by atoms with Crippen LogP contribution < -0.4 is 4.74 Å². The molecule has 1 aromatic carbocycles. The number of fused-ring (bicyclic) bond motifs is 3. The smallest absolute Gasteiger partial charge is 0.254 e. The first-order chi connectivity index (χ1) is 19.8. The minimum Gasteiger partial charge on any atom is -0.492 e. The molecule has 8 heteroatoms. The van der Waals surface area contributed by atoms with Gasteiger partial charge < -0.3 is 19.1 Å². The van der Waals surface area contributed by atoms with Gasteiger partial charge in [-0.15, -0.1) is 0 Å². The van der Waals surface area contributed by atoms with Crippen molar-refractivity contribution in [3.63, 3.8) is 0 Å². The van der Waals surface area contributed by atoms with Crippen LogP contribution in [-0.2, 0) is 18.5 Å². The maximum Gasteiger partial charge on any atom is 0.254 e. The third-order valence-corrected chi connectivity index (χ3v) is 8.67. The van der Waals surface area contributed by atoms with Gasteiger partial charge in [0, 0.05) is 55.3 Å². The van der Waals surface area contributed by atoms with Gasteiger partial charge in [0.05, 0.1) is 29.4 Å². The average molecular weight is 549 g/mol. The van der Waals surface area contributed by atoms with E-state index in [9.17, 15) is 10.1 Å². The van der Waals surface area contributed by atoms with E-state index in [0.29, 0.717) is 31.0 Å². The van der Waals surface area contributed by atoms with Crippen LogP contribution in [0.3, 0.4) is 0 Å². The van der Waals surface area contributed by atoms with Crippen LogP contribution in [0.4, 0.5) is 0 Å². The first kappa shape index (κ1) is 27.0. The number of ether oxygens (including phenoxy) is 1. The van der Waals surface area contributed by atoms with Crippen LogP contribution >= 0.6 is 0 Å². The summed E-state index contributed by atoms with van der Waals surface area (Å²) < 4.78 is 7.93. The molecule has 1 spiro atoms. The van der Waals surface area contributed by atoms with E-state index >= 15 is 0 Å². The summed E-state index contributed by atoms with van der Waals surface area (Å²) in [6, 6.07) is 14.2. The third-order valence-electron chi connectivity index (χ3n) is 8.67. The average Bonchev–Trinajstić information content (AvgIpc) is 3.35. The monoisotopic (exact) mass is 548 g/mol. The largest absolute Gasteiger partial charge is 0.492 e. The Morgan fingerprint density at radius 3 is 2.73 bits per heavy atom. The maximum atomic E-state index is 14.4. The van der Waals surface area contributed by atoms with Crippen LogP contribution in [-0.4, -0.2) is 57.5 Å². The number of rotatable bonds is 8. The Morgan fingerprint density at radius 1 is 1.20 bits per heavy atom. The molecule has 1 saturated carbocycles. The van der Waals surface area contributed by atoms with Crippen LogP contribution in [0.5, 0.6) is 5.75 Å². The molecule has 1 amide bonds. The number of carbonyl (C=O) groups is 1. The second-order valence-corrected chi connectivity index (χ2v) is 11.7. The first-order valence-corrected chi connectivity index (χ1v) is 14.4. The van der Waals surface area contributed by atoms with Crippen molar-refractivity contribution in [1.29, 1.82) is 5.26 Å². The number of hydrogen-bond donors (Lipinski definition) is 0. The van der Waals surface area contributed by atoms with E-state index in [2.05, 4.69) is 64.0 Å². The minimum absolute atomic E-state index is 0.0371. The lowest BCUT2D eigenvalue weighted by Crippen LogP contribution is -2.54. The Kier molecular flexibility index (Phi) is 7.00. The zero-order chi connectivity index (χ0) is 28.7. The highest BCUT2D eigenvalue weighted by Gasteiger charge is 2.49. The molecule has 1 unspecified atom stereocenters. The molecule has 1 fully saturated rings. The summed E-state index contributed by atoms with van der Waals surface area (Å²) in [5.41, 5.74) is 7.51. The van der Waals surface area contributed by atoms with E-state index < -0.39 is 0 Å². The lowest BCUT2D eigenvalue weighted by atomic mass is 9.60. The Morgan fingerprint density at radius 2 is 2.02 bits per heavy atom. The topological polar surface area (TPSA) is 87.3 Å². The summed E-state index contributed by atoms with van der Waals surface area (Å²) in [5.74, 6) is 0.550. The second-order valence-electron chi connectivity index (χ2n) is 11.7. The fraction of sp³-hybridized carbons (Fsp3) is 0.394. The van der Waals surface area contributed by atoms with Gasteiger partial charge in [0.25, 0.3) is 5.91 Å². The van der Waals surface area contributed by atoms with Crippen LogP contribution in [0.2, 0.25) is 0 Å². The van der Waals surface area contributed by atoms with Gasteiger partial charge in [-0.3, -0.25) is 14.8 Å². The summed E-state index contributed by atoms with van der Waals surface area (Å²) in [6.45, 7) is 6.49.